The molecule has 1 aromatic rings. The van der Waals surface area contributed by atoms with Gasteiger partial charge in [0.15, 0.2) is 0 Å². The van der Waals surface area contributed by atoms with Crippen LogP contribution in [-0.4, -0.2) is 20.6 Å². The summed E-state index contributed by atoms with van der Waals surface area (Å²) in [7, 11) is 3.67. The molecule has 0 saturated heterocycles. The Balaban J connectivity index is 3.05. The van der Waals surface area contributed by atoms with Gasteiger partial charge in [-0.3, -0.25) is 0 Å². The number of hydrogen-bond acceptors (Lipinski definition) is 2. The van der Waals surface area contributed by atoms with Gasteiger partial charge in [-0.25, -0.2) is 4.39 Å². The number of benzene rings is 1. The predicted octanol–water partition coefficient (Wildman–Crippen LogP) is 2.52. The summed E-state index contributed by atoms with van der Waals surface area (Å²) in [5, 5.41) is 0. The molecule has 0 aromatic heterocycles. The summed E-state index contributed by atoms with van der Waals surface area (Å²) in [5.41, 5.74) is 7.12. The van der Waals surface area contributed by atoms with Crippen molar-refractivity contribution >= 4 is 5.69 Å². The van der Waals surface area contributed by atoms with Crippen molar-refractivity contribution in [1.82, 2.24) is 0 Å². The molecular weight excluding hydrogens is 203 g/mol. The fourth-order valence-electron chi connectivity index (χ4n) is 1.80. The molecule has 0 unspecified atom stereocenters. The van der Waals surface area contributed by atoms with E-state index in [4.69, 9.17) is 5.73 Å². The van der Waals surface area contributed by atoms with Crippen LogP contribution >= 0.6 is 0 Å². The van der Waals surface area contributed by atoms with Crippen molar-refractivity contribution in [2.75, 3.05) is 25.5 Å². The van der Waals surface area contributed by atoms with E-state index in [-0.39, 0.29) is 11.2 Å². The third-order valence-corrected chi connectivity index (χ3v) is 2.98. The van der Waals surface area contributed by atoms with Crippen LogP contribution in [0, 0.1) is 5.82 Å². The zero-order chi connectivity index (χ0) is 12.3. The normalized spacial score (nSPS) is 11.6. The van der Waals surface area contributed by atoms with Crippen molar-refractivity contribution in [1.29, 1.82) is 0 Å². The number of nitrogens with zero attached hydrogens (tertiary/aromatic N) is 1. The summed E-state index contributed by atoms with van der Waals surface area (Å²) in [6, 6.07) is 5.42. The van der Waals surface area contributed by atoms with Crippen molar-refractivity contribution in [2.45, 2.75) is 25.7 Å². The Labute approximate surface area is 97.3 Å². The molecule has 0 aliphatic heterocycles. The Morgan fingerprint density at radius 1 is 1.31 bits per heavy atom. The predicted molar refractivity (Wildman–Crippen MR) is 67.4 cm³/mol. The van der Waals surface area contributed by atoms with E-state index in [9.17, 15) is 4.39 Å². The van der Waals surface area contributed by atoms with Crippen LogP contribution in [0.2, 0.25) is 0 Å². The lowest BCUT2D eigenvalue weighted by molar-refractivity contribution is 0.483. The lowest BCUT2D eigenvalue weighted by Crippen LogP contribution is -2.22. The lowest BCUT2D eigenvalue weighted by Gasteiger charge is -2.25. The topological polar surface area (TPSA) is 29.3 Å². The van der Waals surface area contributed by atoms with Crippen molar-refractivity contribution in [3.63, 3.8) is 0 Å². The molecule has 16 heavy (non-hydrogen) atoms. The Morgan fingerprint density at radius 2 is 1.94 bits per heavy atom. The highest BCUT2D eigenvalue weighted by Crippen LogP contribution is 2.29. The highest BCUT2D eigenvalue weighted by atomic mass is 19.1. The standard InChI is InChI=1S/C13H21FN2/c1-13(2,7-8-15)10-5-6-12(16(3)4)11(14)9-10/h5-6,9H,7-8,15H2,1-4H3. The van der Waals surface area contributed by atoms with Gasteiger partial charge in [0.25, 0.3) is 0 Å². The van der Waals surface area contributed by atoms with Gasteiger partial charge in [-0.05, 0) is 36.1 Å². The lowest BCUT2D eigenvalue weighted by atomic mass is 9.81. The summed E-state index contributed by atoms with van der Waals surface area (Å²) >= 11 is 0. The van der Waals surface area contributed by atoms with E-state index < -0.39 is 0 Å². The third kappa shape index (κ3) is 2.73. The van der Waals surface area contributed by atoms with E-state index in [1.807, 2.05) is 26.2 Å². The molecule has 0 saturated carbocycles. The molecule has 0 bridgehead atoms. The number of nitrogens with two attached hydrogens (primary N) is 1. The van der Waals surface area contributed by atoms with Crippen LogP contribution in [0.1, 0.15) is 25.8 Å². The minimum Gasteiger partial charge on any atom is -0.375 e. The quantitative estimate of drug-likeness (QED) is 0.851. The molecule has 3 heteroatoms. The molecule has 0 aliphatic carbocycles. The van der Waals surface area contributed by atoms with E-state index in [0.29, 0.717) is 12.2 Å². The molecular formula is C13H21FN2. The van der Waals surface area contributed by atoms with Crippen LogP contribution in [0.4, 0.5) is 10.1 Å². The third-order valence-electron chi connectivity index (χ3n) is 2.98. The summed E-state index contributed by atoms with van der Waals surface area (Å²) in [6.07, 6.45) is 0.855. The average Bonchev–Trinajstić information content (AvgIpc) is 2.16. The fourth-order valence-corrected chi connectivity index (χ4v) is 1.80. The van der Waals surface area contributed by atoms with Gasteiger partial charge < -0.3 is 10.6 Å². The van der Waals surface area contributed by atoms with E-state index in [2.05, 4.69) is 13.8 Å². The molecule has 1 aromatic carbocycles. The maximum atomic E-state index is 13.8. The summed E-state index contributed by atoms with van der Waals surface area (Å²) < 4.78 is 13.8. The second kappa shape index (κ2) is 4.83. The summed E-state index contributed by atoms with van der Waals surface area (Å²) in [6.45, 7) is 4.79. The number of anilines is 1. The first-order valence-electron chi connectivity index (χ1n) is 5.56. The Kier molecular flexibility index (Phi) is 3.92. The number of halogens is 1. The summed E-state index contributed by atoms with van der Waals surface area (Å²) in [4.78, 5) is 1.77. The first kappa shape index (κ1) is 13.0. The Morgan fingerprint density at radius 3 is 2.38 bits per heavy atom. The molecule has 2 nitrogen and oxygen atoms in total. The maximum absolute atomic E-state index is 13.8. The second-order valence-corrected chi connectivity index (χ2v) is 4.98. The van der Waals surface area contributed by atoms with E-state index in [1.54, 1.807) is 11.0 Å². The monoisotopic (exact) mass is 224 g/mol. The van der Waals surface area contributed by atoms with Crippen molar-refractivity contribution in [2.24, 2.45) is 5.73 Å². The van der Waals surface area contributed by atoms with E-state index in [0.717, 1.165) is 12.0 Å². The zero-order valence-electron chi connectivity index (χ0n) is 10.5. The van der Waals surface area contributed by atoms with Gasteiger partial charge in [-0.2, -0.15) is 0 Å². The van der Waals surface area contributed by atoms with Crippen molar-refractivity contribution in [3.8, 4) is 0 Å². The first-order chi connectivity index (χ1) is 7.38. The molecule has 0 amide bonds. The fraction of sp³-hybridized carbons (Fsp3) is 0.538. The van der Waals surface area contributed by atoms with Gasteiger partial charge in [0, 0.05) is 14.1 Å². The number of hydrogen-bond donors (Lipinski definition) is 1. The highest BCUT2D eigenvalue weighted by molar-refractivity contribution is 5.48. The van der Waals surface area contributed by atoms with Crippen LogP contribution in [0.25, 0.3) is 0 Å². The van der Waals surface area contributed by atoms with Crippen LogP contribution in [0.5, 0.6) is 0 Å². The van der Waals surface area contributed by atoms with Gasteiger partial charge >= 0.3 is 0 Å². The SMILES string of the molecule is CN(C)c1ccc(C(C)(C)CCN)cc1F. The van der Waals surface area contributed by atoms with Crippen LogP contribution in [0.3, 0.4) is 0 Å². The van der Waals surface area contributed by atoms with Crippen LogP contribution in [-0.2, 0) is 5.41 Å². The molecule has 0 heterocycles. The van der Waals surface area contributed by atoms with E-state index in [1.165, 1.54) is 0 Å². The molecule has 0 aliphatic rings. The van der Waals surface area contributed by atoms with Gasteiger partial charge in [-0.15, -0.1) is 0 Å². The zero-order valence-corrected chi connectivity index (χ0v) is 10.5. The molecule has 0 spiro atoms. The minimum absolute atomic E-state index is 0.0690. The number of rotatable bonds is 4. The molecule has 0 radical (unpaired) electrons. The molecule has 0 atom stereocenters. The highest BCUT2D eigenvalue weighted by Gasteiger charge is 2.21. The summed E-state index contributed by atoms with van der Waals surface area (Å²) in [5.74, 6) is -0.174. The Hall–Kier alpha value is -1.09. The average molecular weight is 224 g/mol. The van der Waals surface area contributed by atoms with Crippen molar-refractivity contribution < 1.29 is 4.39 Å². The van der Waals surface area contributed by atoms with E-state index >= 15 is 0 Å². The van der Waals surface area contributed by atoms with Crippen molar-refractivity contribution in [3.05, 3.63) is 29.6 Å². The Bertz CT molecular complexity index is 359. The maximum Gasteiger partial charge on any atom is 0.146 e. The van der Waals surface area contributed by atoms with Gasteiger partial charge in [0.1, 0.15) is 5.82 Å². The molecule has 0 fully saturated rings. The smallest absolute Gasteiger partial charge is 0.146 e. The first-order valence-corrected chi connectivity index (χ1v) is 5.56. The van der Waals surface area contributed by atoms with Gasteiger partial charge in [0.05, 0.1) is 5.69 Å². The molecule has 90 valence electrons. The molecule has 2 N–H and O–H groups in total. The van der Waals surface area contributed by atoms with Crippen LogP contribution < -0.4 is 10.6 Å². The van der Waals surface area contributed by atoms with Gasteiger partial charge in [0.2, 0.25) is 0 Å². The second-order valence-electron chi connectivity index (χ2n) is 4.98. The largest absolute Gasteiger partial charge is 0.375 e. The minimum atomic E-state index is -0.174. The molecule has 1 rings (SSSR count). The van der Waals surface area contributed by atoms with Crippen LogP contribution in [0.15, 0.2) is 18.2 Å². The van der Waals surface area contributed by atoms with Gasteiger partial charge in [-0.1, -0.05) is 19.9 Å².